The summed E-state index contributed by atoms with van der Waals surface area (Å²) in [5.74, 6) is 0.156. The third kappa shape index (κ3) is 2.94. The van der Waals surface area contributed by atoms with Crippen molar-refractivity contribution in [3.05, 3.63) is 27.9 Å². The molecule has 2 rings (SSSR count). The first-order valence-electron chi connectivity index (χ1n) is 5.43. The minimum atomic E-state index is -0.352. The molecule has 1 aromatic carbocycles. The van der Waals surface area contributed by atoms with Crippen molar-refractivity contribution in [3.63, 3.8) is 0 Å². The summed E-state index contributed by atoms with van der Waals surface area (Å²) >= 11 is 1.03. The first-order valence-corrected chi connectivity index (χ1v) is 6.25. The van der Waals surface area contributed by atoms with E-state index >= 15 is 0 Å². The average molecular weight is 252 g/mol. The monoisotopic (exact) mass is 252 g/mol. The number of carbonyl (C=O) groups excluding carboxylic acids is 1. The molecule has 0 radical (unpaired) electrons. The highest BCUT2D eigenvalue weighted by Crippen LogP contribution is 2.23. The van der Waals surface area contributed by atoms with Crippen molar-refractivity contribution in [2.75, 3.05) is 0 Å². The summed E-state index contributed by atoms with van der Waals surface area (Å²) in [4.78, 5) is 22.1. The maximum absolute atomic E-state index is 11.4. The van der Waals surface area contributed by atoms with Gasteiger partial charge in [-0.3, -0.25) is 4.79 Å². The third-order valence-corrected chi connectivity index (χ3v) is 3.08. The van der Waals surface area contributed by atoms with Crippen LogP contribution in [0.15, 0.2) is 27.4 Å². The predicted octanol–water partition coefficient (Wildman–Crippen LogP) is 2.95. The lowest BCUT2D eigenvalue weighted by molar-refractivity contribution is -0.134. The van der Waals surface area contributed by atoms with Crippen molar-refractivity contribution in [2.45, 2.75) is 26.2 Å². The second kappa shape index (κ2) is 5.14. The summed E-state index contributed by atoms with van der Waals surface area (Å²) in [6.07, 6.45) is 2.17. The molecule has 4 nitrogen and oxygen atoms in total. The number of esters is 1. The Morgan fingerprint density at radius 1 is 1.47 bits per heavy atom. The zero-order valence-corrected chi connectivity index (χ0v) is 10.2. The summed E-state index contributed by atoms with van der Waals surface area (Å²) in [5, 5.41) is 0. The normalized spacial score (nSPS) is 10.6. The van der Waals surface area contributed by atoms with Crippen LogP contribution >= 0.6 is 11.3 Å². The lowest BCUT2D eigenvalue weighted by Gasteiger charge is -2.02. The molecule has 2 aromatic rings. The molecule has 90 valence electrons. The number of hydrogen-bond donors (Lipinski definition) is 0. The van der Waals surface area contributed by atoms with Crippen LogP contribution in [0.2, 0.25) is 0 Å². The summed E-state index contributed by atoms with van der Waals surface area (Å²) in [5.41, 5.74) is 0.459. The highest BCUT2D eigenvalue weighted by atomic mass is 32.1. The van der Waals surface area contributed by atoms with E-state index in [0.29, 0.717) is 17.8 Å². The fraction of sp³-hybridized carbons (Fsp3) is 0.333. The molecule has 5 heteroatoms. The van der Waals surface area contributed by atoms with E-state index in [1.54, 1.807) is 18.2 Å². The van der Waals surface area contributed by atoms with Gasteiger partial charge >= 0.3 is 10.9 Å². The summed E-state index contributed by atoms with van der Waals surface area (Å²) in [6, 6.07) is 4.95. The van der Waals surface area contributed by atoms with Gasteiger partial charge in [0, 0.05) is 12.5 Å². The number of unbranched alkanes of at least 4 members (excludes halogenated alkanes) is 1. The van der Waals surface area contributed by atoms with Crippen LogP contribution in [0.25, 0.3) is 10.3 Å². The third-order valence-electron chi connectivity index (χ3n) is 2.27. The van der Waals surface area contributed by atoms with Crippen LogP contribution in [-0.4, -0.2) is 5.97 Å². The Balaban J connectivity index is 2.13. The average Bonchev–Trinajstić information content (AvgIpc) is 2.65. The van der Waals surface area contributed by atoms with Crippen LogP contribution in [0.3, 0.4) is 0 Å². The number of rotatable bonds is 4. The van der Waals surface area contributed by atoms with Crippen LogP contribution in [0.4, 0.5) is 0 Å². The molecule has 0 fully saturated rings. The van der Waals surface area contributed by atoms with Crippen molar-refractivity contribution >= 4 is 27.6 Å². The predicted molar refractivity (Wildman–Crippen MR) is 65.5 cm³/mol. The number of carbonyl (C=O) groups is 1. The van der Waals surface area contributed by atoms with Gasteiger partial charge in [-0.2, -0.15) is 0 Å². The molecule has 0 saturated carbocycles. The molecule has 0 amide bonds. The van der Waals surface area contributed by atoms with Crippen molar-refractivity contribution in [2.24, 2.45) is 0 Å². The first kappa shape index (κ1) is 11.9. The van der Waals surface area contributed by atoms with Gasteiger partial charge in [-0.1, -0.05) is 24.7 Å². The number of benzene rings is 1. The number of fused-ring (bicyclic) bond motifs is 1. The molecular weight excluding hydrogens is 240 g/mol. The van der Waals surface area contributed by atoms with Gasteiger partial charge in [-0.05, 0) is 18.6 Å². The first-order chi connectivity index (χ1) is 8.19. The summed E-state index contributed by atoms with van der Waals surface area (Å²) in [6.45, 7) is 2.01. The van der Waals surface area contributed by atoms with Crippen LogP contribution in [0, 0.1) is 0 Å². The van der Waals surface area contributed by atoms with E-state index in [0.717, 1.165) is 28.9 Å². The lowest BCUT2D eigenvalue weighted by atomic mass is 10.2. The van der Waals surface area contributed by atoms with E-state index in [1.807, 2.05) is 6.92 Å². The molecule has 0 bridgehead atoms. The summed E-state index contributed by atoms with van der Waals surface area (Å²) in [7, 11) is 0. The van der Waals surface area contributed by atoms with Gasteiger partial charge in [0.1, 0.15) is 5.75 Å². The van der Waals surface area contributed by atoms with Crippen molar-refractivity contribution in [1.82, 2.24) is 0 Å². The molecule has 1 heterocycles. The highest BCUT2D eigenvalue weighted by molar-refractivity contribution is 7.16. The van der Waals surface area contributed by atoms with Crippen LogP contribution in [0.5, 0.6) is 5.75 Å². The Morgan fingerprint density at radius 2 is 2.29 bits per heavy atom. The van der Waals surface area contributed by atoms with Crippen molar-refractivity contribution in [3.8, 4) is 5.75 Å². The van der Waals surface area contributed by atoms with E-state index in [9.17, 15) is 9.59 Å². The summed E-state index contributed by atoms with van der Waals surface area (Å²) < 4.78 is 10.8. The Hall–Kier alpha value is -1.62. The fourth-order valence-electron chi connectivity index (χ4n) is 1.42. The smallest absolute Gasteiger partial charge is 0.396 e. The Bertz CT molecular complexity index is 581. The fourth-order valence-corrected chi connectivity index (χ4v) is 2.07. The molecule has 0 N–H and O–H groups in total. The minimum absolute atomic E-state index is 0.260. The van der Waals surface area contributed by atoms with Gasteiger partial charge in [-0.25, -0.2) is 4.79 Å². The van der Waals surface area contributed by atoms with Gasteiger partial charge in [0.2, 0.25) is 0 Å². The van der Waals surface area contributed by atoms with Crippen LogP contribution < -0.4 is 9.68 Å². The molecule has 0 saturated heterocycles. The molecule has 0 unspecified atom stereocenters. The zero-order chi connectivity index (χ0) is 12.3. The standard InChI is InChI=1S/C12H12O4S/c1-2-3-4-11(13)15-8-5-6-10-9(7-8)16-12(14)17-10/h5-7H,2-4H2,1H3. The molecule has 1 aromatic heterocycles. The molecule has 0 aliphatic heterocycles. The molecular formula is C12H12O4S. The van der Waals surface area contributed by atoms with Gasteiger partial charge in [0.25, 0.3) is 0 Å². The highest BCUT2D eigenvalue weighted by Gasteiger charge is 2.07. The van der Waals surface area contributed by atoms with Gasteiger partial charge in [0.15, 0.2) is 5.58 Å². The lowest BCUT2D eigenvalue weighted by Crippen LogP contribution is -2.06. The van der Waals surface area contributed by atoms with Crippen LogP contribution in [0.1, 0.15) is 26.2 Å². The van der Waals surface area contributed by atoms with E-state index in [4.69, 9.17) is 9.15 Å². The molecule has 0 aliphatic carbocycles. The Kier molecular flexibility index (Phi) is 3.58. The van der Waals surface area contributed by atoms with Gasteiger partial charge in [-0.15, -0.1) is 0 Å². The van der Waals surface area contributed by atoms with Crippen molar-refractivity contribution in [1.29, 1.82) is 0 Å². The van der Waals surface area contributed by atoms with E-state index in [2.05, 4.69) is 0 Å². The van der Waals surface area contributed by atoms with Crippen LogP contribution in [-0.2, 0) is 4.79 Å². The Morgan fingerprint density at radius 3 is 3.06 bits per heavy atom. The molecule has 0 atom stereocenters. The number of hydrogen-bond acceptors (Lipinski definition) is 5. The molecule has 17 heavy (non-hydrogen) atoms. The largest absolute Gasteiger partial charge is 0.426 e. The second-order valence-corrected chi connectivity index (χ2v) is 4.62. The maximum atomic E-state index is 11.4. The maximum Gasteiger partial charge on any atom is 0.396 e. The molecule has 0 spiro atoms. The van der Waals surface area contributed by atoms with E-state index in [-0.39, 0.29) is 10.9 Å². The Labute approximate surface area is 102 Å². The molecule has 0 aliphatic rings. The minimum Gasteiger partial charge on any atom is -0.426 e. The van der Waals surface area contributed by atoms with Gasteiger partial charge < -0.3 is 9.15 Å². The van der Waals surface area contributed by atoms with E-state index in [1.165, 1.54) is 0 Å². The quantitative estimate of drug-likeness (QED) is 0.620. The van der Waals surface area contributed by atoms with Gasteiger partial charge in [0.05, 0.1) is 4.70 Å². The topological polar surface area (TPSA) is 56.5 Å². The second-order valence-electron chi connectivity index (χ2n) is 3.64. The number of ether oxygens (including phenoxy) is 1. The van der Waals surface area contributed by atoms with E-state index < -0.39 is 0 Å². The SMILES string of the molecule is CCCCC(=O)Oc1ccc2sc(=O)oc2c1. The van der Waals surface area contributed by atoms with Crippen molar-refractivity contribution < 1.29 is 13.9 Å². The zero-order valence-electron chi connectivity index (χ0n) is 9.39.